The summed E-state index contributed by atoms with van der Waals surface area (Å²) in [7, 11) is 0. The van der Waals surface area contributed by atoms with Crippen LogP contribution in [0.2, 0.25) is 0 Å². The molecular formula is C32H44O9. The van der Waals surface area contributed by atoms with Gasteiger partial charge in [0.2, 0.25) is 6.29 Å². The number of hydrogen-bond donors (Lipinski definition) is 3. The summed E-state index contributed by atoms with van der Waals surface area (Å²) in [6.45, 7) is 13.6. The Kier molecular flexibility index (Phi) is 6.75. The van der Waals surface area contributed by atoms with E-state index in [2.05, 4.69) is 0 Å². The second-order valence-corrected chi connectivity index (χ2v) is 14.9. The second-order valence-electron chi connectivity index (χ2n) is 14.9. The summed E-state index contributed by atoms with van der Waals surface area (Å²) in [5.74, 6) is -3.45. The zero-order valence-corrected chi connectivity index (χ0v) is 25.3. The van der Waals surface area contributed by atoms with Crippen LogP contribution in [0.25, 0.3) is 0 Å². The summed E-state index contributed by atoms with van der Waals surface area (Å²) in [5.41, 5.74) is -4.31. The van der Waals surface area contributed by atoms with Crippen molar-refractivity contribution in [2.24, 2.45) is 45.3 Å². The Balaban J connectivity index is 1.58. The molecule has 41 heavy (non-hydrogen) atoms. The number of ether oxygens (including phenoxy) is 2. The standard InChI is InChI=1S/C32H44O9/c1-15(33)40-27-16(11-18(35)26(41-27)29(4,5)39)24-17(34)12-21-31(24,7)14-19(36)25-30(6)10-9-22(37)28(2,3)20(30)13-23(38)32(21,25)8/h9-10,12,16-17,19-20,24-27,34,36,39H,11,13-14H2,1-8H3/t16-,17?,19+,20-,24+,25+,26-,27-,30-,31+,32+/m0/s1. The maximum atomic E-state index is 14.2. The van der Waals surface area contributed by atoms with Crippen LogP contribution < -0.4 is 0 Å². The molecule has 5 rings (SSSR count). The van der Waals surface area contributed by atoms with Gasteiger partial charge >= 0.3 is 5.97 Å². The highest BCUT2D eigenvalue weighted by Crippen LogP contribution is 2.71. The predicted octanol–water partition coefficient (Wildman–Crippen LogP) is 2.69. The average molecular weight is 573 g/mol. The minimum Gasteiger partial charge on any atom is -0.436 e. The summed E-state index contributed by atoms with van der Waals surface area (Å²) in [5, 5.41) is 34.1. The summed E-state index contributed by atoms with van der Waals surface area (Å²) in [6.07, 6.45) is 0.892. The van der Waals surface area contributed by atoms with Crippen molar-refractivity contribution >= 4 is 23.3 Å². The first-order valence-corrected chi connectivity index (χ1v) is 14.6. The molecule has 2 saturated carbocycles. The maximum absolute atomic E-state index is 14.2. The van der Waals surface area contributed by atoms with Gasteiger partial charge in [0.15, 0.2) is 11.6 Å². The van der Waals surface area contributed by atoms with Crippen LogP contribution >= 0.6 is 0 Å². The Labute approximate surface area is 241 Å². The molecule has 1 heterocycles. The average Bonchev–Trinajstić information content (AvgIpc) is 3.09. The Bertz CT molecular complexity index is 1260. The molecule has 3 N–H and O–H groups in total. The van der Waals surface area contributed by atoms with E-state index in [9.17, 15) is 34.5 Å². The first-order chi connectivity index (χ1) is 18.7. The lowest BCUT2D eigenvalue weighted by atomic mass is 9.38. The number of ketones is 3. The number of hydrogen-bond acceptors (Lipinski definition) is 9. The number of Topliss-reactive ketones (excluding diaryl/α,β-unsaturated/α-hetero) is 2. The molecule has 0 spiro atoms. The number of carbonyl (C=O) groups excluding carboxylic acids is 4. The van der Waals surface area contributed by atoms with Crippen LogP contribution in [0.15, 0.2) is 23.8 Å². The van der Waals surface area contributed by atoms with Gasteiger partial charge in [0.1, 0.15) is 11.9 Å². The highest BCUT2D eigenvalue weighted by atomic mass is 16.7. The number of carbonyl (C=O) groups is 4. The molecule has 226 valence electrons. The molecule has 0 aromatic carbocycles. The van der Waals surface area contributed by atoms with E-state index in [-0.39, 0.29) is 42.5 Å². The fraction of sp³-hybridized carbons (Fsp3) is 0.750. The molecule has 0 amide bonds. The van der Waals surface area contributed by atoms with Crippen LogP contribution in [0.3, 0.4) is 0 Å². The van der Waals surface area contributed by atoms with Crippen LogP contribution in [0.1, 0.15) is 74.7 Å². The monoisotopic (exact) mass is 572 g/mol. The molecule has 3 fully saturated rings. The predicted molar refractivity (Wildman–Crippen MR) is 147 cm³/mol. The maximum Gasteiger partial charge on any atom is 0.304 e. The van der Waals surface area contributed by atoms with Gasteiger partial charge in [-0.3, -0.25) is 19.2 Å². The van der Waals surface area contributed by atoms with Crippen LogP contribution in [-0.2, 0) is 28.7 Å². The molecule has 9 heteroatoms. The van der Waals surface area contributed by atoms with E-state index >= 15 is 0 Å². The van der Waals surface area contributed by atoms with Crippen LogP contribution in [0.5, 0.6) is 0 Å². The molecule has 9 nitrogen and oxygen atoms in total. The largest absolute Gasteiger partial charge is 0.436 e. The normalized spacial score (nSPS) is 47.3. The number of esters is 1. The Morgan fingerprint density at radius 2 is 1.71 bits per heavy atom. The lowest BCUT2D eigenvalue weighted by Crippen LogP contribution is -2.66. The van der Waals surface area contributed by atoms with Crippen molar-refractivity contribution in [1.29, 1.82) is 0 Å². The van der Waals surface area contributed by atoms with Crippen LogP contribution in [-0.4, -0.2) is 68.8 Å². The number of fused-ring (bicyclic) bond motifs is 5. The summed E-state index contributed by atoms with van der Waals surface area (Å²) in [6, 6.07) is 0. The lowest BCUT2D eigenvalue weighted by molar-refractivity contribution is -0.252. The molecule has 5 aliphatic rings. The topological polar surface area (TPSA) is 147 Å². The molecule has 4 aliphatic carbocycles. The molecule has 0 radical (unpaired) electrons. The van der Waals surface area contributed by atoms with Crippen molar-refractivity contribution in [3.8, 4) is 0 Å². The molecule has 0 aromatic rings. The number of aliphatic hydroxyl groups excluding tert-OH is 2. The highest BCUT2D eigenvalue weighted by molar-refractivity contribution is 5.98. The molecule has 0 bridgehead atoms. The zero-order valence-electron chi connectivity index (χ0n) is 25.3. The summed E-state index contributed by atoms with van der Waals surface area (Å²) >= 11 is 0. The number of rotatable bonds is 3. The van der Waals surface area contributed by atoms with Crippen molar-refractivity contribution in [1.82, 2.24) is 0 Å². The summed E-state index contributed by atoms with van der Waals surface area (Å²) in [4.78, 5) is 52.4. The van der Waals surface area contributed by atoms with Crippen molar-refractivity contribution < 1.29 is 44.0 Å². The summed E-state index contributed by atoms with van der Waals surface area (Å²) < 4.78 is 11.5. The van der Waals surface area contributed by atoms with Gasteiger partial charge in [0.25, 0.3) is 0 Å². The van der Waals surface area contributed by atoms with Crippen molar-refractivity contribution in [2.45, 2.75) is 105 Å². The van der Waals surface area contributed by atoms with Crippen LogP contribution in [0, 0.1) is 45.3 Å². The smallest absolute Gasteiger partial charge is 0.304 e. The Morgan fingerprint density at radius 3 is 2.29 bits per heavy atom. The van der Waals surface area contributed by atoms with E-state index in [1.54, 1.807) is 12.2 Å². The van der Waals surface area contributed by atoms with E-state index < -0.39 is 75.6 Å². The quantitative estimate of drug-likeness (QED) is 0.343. The van der Waals surface area contributed by atoms with Crippen molar-refractivity contribution in [3.63, 3.8) is 0 Å². The van der Waals surface area contributed by atoms with Gasteiger partial charge in [-0.15, -0.1) is 0 Å². The van der Waals surface area contributed by atoms with Crippen molar-refractivity contribution in [3.05, 3.63) is 23.8 Å². The molecular weight excluding hydrogens is 528 g/mol. The molecule has 11 atom stereocenters. The van der Waals surface area contributed by atoms with Crippen LogP contribution in [0.4, 0.5) is 0 Å². The van der Waals surface area contributed by atoms with Gasteiger partial charge in [-0.25, -0.2) is 0 Å². The minimum atomic E-state index is -1.52. The Hall–Kier alpha value is -2.20. The van der Waals surface area contributed by atoms with Gasteiger partial charge in [0.05, 0.1) is 23.2 Å². The molecule has 1 saturated heterocycles. The number of allylic oxidation sites excluding steroid dienone is 3. The van der Waals surface area contributed by atoms with E-state index in [1.807, 2.05) is 40.7 Å². The second kappa shape index (κ2) is 9.15. The third kappa shape index (κ3) is 4.09. The van der Waals surface area contributed by atoms with Gasteiger partial charge in [-0.05, 0) is 50.0 Å². The van der Waals surface area contributed by atoms with E-state index in [4.69, 9.17) is 9.47 Å². The van der Waals surface area contributed by atoms with Crippen molar-refractivity contribution in [2.75, 3.05) is 0 Å². The van der Waals surface area contributed by atoms with E-state index in [0.29, 0.717) is 5.57 Å². The SMILES string of the molecule is CC(=O)O[C@H]1O[C@H](C(C)(C)O)C(=O)C[C@H]1[C@@H]1C(O)C=C2[C@]3(C)C(=O)C[C@H]4C(C)(C)C(=O)C=C[C@]4(C)[C@H]3[C@H](O)C[C@]21C. The van der Waals surface area contributed by atoms with Gasteiger partial charge in [-0.2, -0.15) is 0 Å². The Morgan fingerprint density at radius 1 is 1.07 bits per heavy atom. The highest BCUT2D eigenvalue weighted by Gasteiger charge is 2.72. The molecule has 1 aliphatic heterocycles. The third-order valence-electron chi connectivity index (χ3n) is 11.5. The fourth-order valence-corrected chi connectivity index (χ4v) is 9.83. The zero-order chi connectivity index (χ0) is 30.7. The first-order valence-electron chi connectivity index (χ1n) is 14.6. The molecule has 0 aromatic heterocycles. The fourth-order valence-electron chi connectivity index (χ4n) is 9.83. The van der Waals surface area contributed by atoms with Gasteiger partial charge in [-0.1, -0.05) is 45.4 Å². The first kappa shape index (κ1) is 30.3. The third-order valence-corrected chi connectivity index (χ3v) is 11.5. The van der Waals surface area contributed by atoms with Gasteiger partial charge < -0.3 is 24.8 Å². The molecule has 1 unspecified atom stereocenters. The van der Waals surface area contributed by atoms with E-state index in [0.717, 1.165) is 0 Å². The van der Waals surface area contributed by atoms with Gasteiger partial charge in [0, 0.05) is 42.9 Å². The lowest BCUT2D eigenvalue weighted by Gasteiger charge is -2.65. The number of aliphatic hydroxyl groups is 3. The van der Waals surface area contributed by atoms with E-state index in [1.165, 1.54) is 20.8 Å². The minimum absolute atomic E-state index is 0.0371.